The molecule has 0 saturated carbocycles. The minimum Gasteiger partial charge on any atom is -0.380 e. The van der Waals surface area contributed by atoms with Crippen molar-refractivity contribution in [3.63, 3.8) is 0 Å². The molecule has 1 aromatic rings. The summed E-state index contributed by atoms with van der Waals surface area (Å²) in [6, 6.07) is -0.0884. The fourth-order valence-corrected chi connectivity index (χ4v) is 2.16. The SMILES string of the molecule is NC(=O)Cn1cc(NC2CCN(C(N)=O)CC2)cn1. The largest absolute Gasteiger partial charge is 0.380 e. The molecule has 0 unspecified atom stereocenters. The number of nitrogens with one attached hydrogen (secondary N) is 1. The fraction of sp³-hybridized carbons (Fsp3) is 0.545. The highest BCUT2D eigenvalue weighted by Crippen LogP contribution is 2.15. The van der Waals surface area contributed by atoms with Gasteiger partial charge in [0.2, 0.25) is 5.91 Å². The van der Waals surface area contributed by atoms with Crippen LogP contribution in [0.4, 0.5) is 10.5 Å². The first-order chi connectivity index (χ1) is 9.04. The van der Waals surface area contributed by atoms with Crippen molar-refractivity contribution in [1.29, 1.82) is 0 Å². The lowest BCUT2D eigenvalue weighted by molar-refractivity contribution is -0.118. The third-order valence-electron chi connectivity index (χ3n) is 3.13. The molecule has 0 spiro atoms. The summed E-state index contributed by atoms with van der Waals surface area (Å²) < 4.78 is 1.49. The highest BCUT2D eigenvalue weighted by atomic mass is 16.2. The number of nitrogens with zero attached hydrogens (tertiary/aromatic N) is 3. The third-order valence-corrected chi connectivity index (χ3v) is 3.13. The molecular weight excluding hydrogens is 248 g/mol. The molecular formula is C11H18N6O2. The minimum atomic E-state index is -0.426. The van der Waals surface area contributed by atoms with Gasteiger partial charge in [-0.3, -0.25) is 9.48 Å². The molecule has 1 aliphatic rings. The first-order valence-electron chi connectivity index (χ1n) is 6.16. The van der Waals surface area contributed by atoms with Gasteiger partial charge in [-0.15, -0.1) is 0 Å². The molecule has 1 saturated heterocycles. The second-order valence-electron chi connectivity index (χ2n) is 4.64. The van der Waals surface area contributed by atoms with Crippen LogP contribution in [-0.2, 0) is 11.3 Å². The first kappa shape index (κ1) is 13.2. The van der Waals surface area contributed by atoms with Crippen LogP contribution in [0.3, 0.4) is 0 Å². The Morgan fingerprint density at radius 1 is 1.37 bits per heavy atom. The molecule has 1 fully saturated rings. The minimum absolute atomic E-state index is 0.0712. The first-order valence-corrected chi connectivity index (χ1v) is 6.16. The van der Waals surface area contributed by atoms with Gasteiger partial charge in [0.25, 0.3) is 0 Å². The number of piperidine rings is 1. The number of urea groups is 1. The van der Waals surface area contributed by atoms with Gasteiger partial charge in [0.05, 0.1) is 11.9 Å². The van der Waals surface area contributed by atoms with Gasteiger partial charge in [-0.1, -0.05) is 0 Å². The molecule has 3 amide bonds. The molecule has 0 bridgehead atoms. The van der Waals surface area contributed by atoms with Crippen LogP contribution in [0.5, 0.6) is 0 Å². The Balaban J connectivity index is 1.84. The van der Waals surface area contributed by atoms with E-state index in [1.807, 2.05) is 0 Å². The lowest BCUT2D eigenvalue weighted by Crippen LogP contribution is -2.44. The number of likely N-dealkylation sites (tertiary alicyclic amines) is 1. The molecule has 8 nitrogen and oxygen atoms in total. The van der Waals surface area contributed by atoms with Crippen LogP contribution >= 0.6 is 0 Å². The van der Waals surface area contributed by atoms with Crippen molar-refractivity contribution in [2.75, 3.05) is 18.4 Å². The number of hydrogen-bond donors (Lipinski definition) is 3. The molecule has 1 aliphatic heterocycles. The maximum Gasteiger partial charge on any atom is 0.314 e. The van der Waals surface area contributed by atoms with E-state index in [0.717, 1.165) is 18.5 Å². The third kappa shape index (κ3) is 3.60. The molecule has 1 aromatic heterocycles. The van der Waals surface area contributed by atoms with Gasteiger partial charge in [-0.25, -0.2) is 4.79 Å². The van der Waals surface area contributed by atoms with Gasteiger partial charge in [0.15, 0.2) is 0 Å². The van der Waals surface area contributed by atoms with E-state index in [0.29, 0.717) is 13.1 Å². The van der Waals surface area contributed by atoms with Crippen LogP contribution in [0.1, 0.15) is 12.8 Å². The summed E-state index contributed by atoms with van der Waals surface area (Å²) in [5.74, 6) is -0.426. The number of carbonyl (C=O) groups is 2. The standard InChI is InChI=1S/C11H18N6O2/c12-10(18)7-17-6-9(5-14-17)15-8-1-3-16(4-2-8)11(13)19/h5-6,8,15H,1-4,7H2,(H2,12,18)(H2,13,19). The Morgan fingerprint density at radius 3 is 2.63 bits per heavy atom. The number of hydrogen-bond acceptors (Lipinski definition) is 4. The zero-order chi connectivity index (χ0) is 13.8. The Labute approximate surface area is 110 Å². The maximum atomic E-state index is 11.0. The quantitative estimate of drug-likeness (QED) is 0.669. The molecule has 104 valence electrons. The van der Waals surface area contributed by atoms with Gasteiger partial charge in [0.1, 0.15) is 6.54 Å². The van der Waals surface area contributed by atoms with Crippen molar-refractivity contribution in [1.82, 2.24) is 14.7 Å². The van der Waals surface area contributed by atoms with Crippen molar-refractivity contribution in [2.45, 2.75) is 25.4 Å². The molecule has 0 aromatic carbocycles. The van der Waals surface area contributed by atoms with E-state index in [2.05, 4.69) is 10.4 Å². The normalized spacial score (nSPS) is 16.3. The molecule has 8 heteroatoms. The van der Waals surface area contributed by atoms with Crippen LogP contribution in [-0.4, -0.2) is 45.8 Å². The van der Waals surface area contributed by atoms with Gasteiger partial charge >= 0.3 is 6.03 Å². The molecule has 0 atom stereocenters. The Kier molecular flexibility index (Phi) is 3.88. The van der Waals surface area contributed by atoms with Gasteiger partial charge in [0, 0.05) is 25.3 Å². The summed E-state index contributed by atoms with van der Waals surface area (Å²) in [6.07, 6.45) is 5.07. The zero-order valence-corrected chi connectivity index (χ0v) is 10.6. The Morgan fingerprint density at radius 2 is 2.05 bits per heavy atom. The molecule has 2 heterocycles. The zero-order valence-electron chi connectivity index (χ0n) is 10.6. The van der Waals surface area contributed by atoms with Crippen molar-refractivity contribution in [3.05, 3.63) is 12.4 Å². The highest BCUT2D eigenvalue weighted by molar-refractivity contribution is 5.73. The second-order valence-corrected chi connectivity index (χ2v) is 4.64. The van der Waals surface area contributed by atoms with Crippen LogP contribution in [0.15, 0.2) is 12.4 Å². The van der Waals surface area contributed by atoms with Crippen LogP contribution < -0.4 is 16.8 Å². The lowest BCUT2D eigenvalue weighted by Gasteiger charge is -2.31. The number of carbonyl (C=O) groups excluding carboxylic acids is 2. The number of aromatic nitrogens is 2. The smallest absolute Gasteiger partial charge is 0.314 e. The monoisotopic (exact) mass is 266 g/mol. The summed E-state index contributed by atoms with van der Waals surface area (Å²) in [6.45, 7) is 1.38. The number of anilines is 1. The van der Waals surface area contributed by atoms with Gasteiger partial charge < -0.3 is 21.7 Å². The van der Waals surface area contributed by atoms with Gasteiger partial charge in [-0.05, 0) is 12.8 Å². The molecule has 5 N–H and O–H groups in total. The average molecular weight is 266 g/mol. The summed E-state index contributed by atoms with van der Waals surface area (Å²) in [7, 11) is 0. The molecule has 0 aliphatic carbocycles. The lowest BCUT2D eigenvalue weighted by atomic mass is 10.1. The van der Waals surface area contributed by atoms with Crippen LogP contribution in [0.25, 0.3) is 0 Å². The molecule has 2 rings (SSSR count). The Bertz CT molecular complexity index is 464. The number of primary amides is 2. The topological polar surface area (TPSA) is 119 Å². The van der Waals surface area contributed by atoms with E-state index < -0.39 is 5.91 Å². The van der Waals surface area contributed by atoms with E-state index in [1.165, 1.54) is 4.68 Å². The van der Waals surface area contributed by atoms with Crippen molar-refractivity contribution < 1.29 is 9.59 Å². The molecule has 19 heavy (non-hydrogen) atoms. The van der Waals surface area contributed by atoms with Crippen molar-refractivity contribution in [3.8, 4) is 0 Å². The van der Waals surface area contributed by atoms with E-state index >= 15 is 0 Å². The van der Waals surface area contributed by atoms with Gasteiger partial charge in [-0.2, -0.15) is 5.10 Å². The predicted octanol–water partition coefficient (Wildman–Crippen LogP) is -0.677. The second kappa shape index (κ2) is 5.59. The van der Waals surface area contributed by atoms with Crippen molar-refractivity contribution in [2.24, 2.45) is 11.5 Å². The molecule has 0 radical (unpaired) electrons. The number of amides is 3. The average Bonchev–Trinajstić information content (AvgIpc) is 2.76. The highest BCUT2D eigenvalue weighted by Gasteiger charge is 2.21. The van der Waals surface area contributed by atoms with E-state index in [4.69, 9.17) is 11.5 Å². The Hall–Kier alpha value is -2.25. The number of rotatable bonds is 4. The van der Waals surface area contributed by atoms with Crippen LogP contribution in [0.2, 0.25) is 0 Å². The predicted molar refractivity (Wildman–Crippen MR) is 69.2 cm³/mol. The summed E-state index contributed by atoms with van der Waals surface area (Å²) in [5, 5.41) is 7.35. The maximum absolute atomic E-state index is 11.0. The van der Waals surface area contributed by atoms with E-state index in [9.17, 15) is 9.59 Å². The van der Waals surface area contributed by atoms with Crippen molar-refractivity contribution >= 4 is 17.6 Å². The summed E-state index contributed by atoms with van der Waals surface area (Å²) >= 11 is 0. The van der Waals surface area contributed by atoms with E-state index in [-0.39, 0.29) is 18.6 Å². The fourth-order valence-electron chi connectivity index (χ4n) is 2.16. The van der Waals surface area contributed by atoms with E-state index in [1.54, 1.807) is 17.3 Å². The number of nitrogens with two attached hydrogens (primary N) is 2. The van der Waals surface area contributed by atoms with Crippen LogP contribution in [0, 0.1) is 0 Å². The summed E-state index contributed by atoms with van der Waals surface area (Å²) in [5.41, 5.74) is 11.2. The summed E-state index contributed by atoms with van der Waals surface area (Å²) in [4.78, 5) is 23.4.